The number of rotatable bonds is 44. The molecule has 0 aromatic carbocycles. The number of aliphatic hydroxyl groups is 3. The molecule has 0 amide bonds. The van der Waals surface area contributed by atoms with Gasteiger partial charge in [0.15, 0.2) is 6.29 Å². The van der Waals surface area contributed by atoms with E-state index in [9.17, 15) is 33.1 Å². The van der Waals surface area contributed by atoms with Crippen LogP contribution in [0.15, 0.2) is 97.2 Å². The number of ether oxygens (including phenoxy) is 4. The highest BCUT2D eigenvalue weighted by atomic mass is 32.3. The lowest BCUT2D eigenvalue weighted by atomic mass is 9.99. The van der Waals surface area contributed by atoms with Crippen LogP contribution in [0.1, 0.15) is 181 Å². The molecule has 1 aliphatic heterocycles. The molecule has 0 spiro atoms. The molecular weight excluding hydrogens is 885 g/mol. The van der Waals surface area contributed by atoms with E-state index in [2.05, 4.69) is 109 Å². The second-order valence-corrected chi connectivity index (χ2v) is 18.4. The fraction of sp³-hybridized carbons (Fsp3) is 0.691. The number of allylic oxidation sites excluding steroid dienone is 16. The number of esters is 1. The topological polar surface area (TPSA) is 178 Å². The van der Waals surface area contributed by atoms with Crippen LogP contribution in [0.25, 0.3) is 0 Å². The number of carbonyl (C=O) groups is 1. The van der Waals surface area contributed by atoms with E-state index in [-0.39, 0.29) is 19.6 Å². The van der Waals surface area contributed by atoms with Crippen LogP contribution in [-0.4, -0.2) is 97.5 Å². The molecule has 1 saturated heterocycles. The predicted molar refractivity (Wildman–Crippen MR) is 275 cm³/mol. The van der Waals surface area contributed by atoms with Gasteiger partial charge in [-0.2, -0.15) is 8.42 Å². The maximum absolute atomic E-state index is 12.9. The molecule has 6 atom stereocenters. The average Bonchev–Trinajstić information content (AvgIpc) is 3.31. The number of unbranched alkanes of at least 4 members (excludes halogenated alkanes) is 15. The molecule has 12 nitrogen and oxygen atoms in total. The Balaban J connectivity index is 2.39. The number of aliphatic hydroxyl groups excluding tert-OH is 3. The van der Waals surface area contributed by atoms with Crippen molar-refractivity contribution in [3.63, 3.8) is 0 Å². The minimum Gasteiger partial charge on any atom is -0.457 e. The van der Waals surface area contributed by atoms with Crippen molar-refractivity contribution in [3.05, 3.63) is 97.2 Å². The third kappa shape index (κ3) is 37.9. The molecule has 0 aromatic rings. The van der Waals surface area contributed by atoms with Gasteiger partial charge in [0.05, 0.1) is 19.8 Å². The van der Waals surface area contributed by atoms with E-state index in [4.69, 9.17) is 18.9 Å². The van der Waals surface area contributed by atoms with Crippen LogP contribution in [-0.2, 0) is 38.3 Å². The van der Waals surface area contributed by atoms with E-state index < -0.39 is 59.8 Å². The van der Waals surface area contributed by atoms with Gasteiger partial charge in [-0.1, -0.05) is 182 Å². The van der Waals surface area contributed by atoms with E-state index in [1.54, 1.807) is 0 Å². The Hall–Kier alpha value is -2.98. The van der Waals surface area contributed by atoms with E-state index in [0.717, 1.165) is 70.6 Å². The van der Waals surface area contributed by atoms with Crippen molar-refractivity contribution < 1.29 is 56.2 Å². The molecule has 0 radical (unpaired) electrons. The van der Waals surface area contributed by atoms with Gasteiger partial charge in [0.1, 0.15) is 30.5 Å². The second kappa shape index (κ2) is 45.2. The maximum atomic E-state index is 12.9. The average molecular weight is 977 g/mol. The lowest BCUT2D eigenvalue weighted by molar-refractivity contribution is -0.301. The minimum atomic E-state index is -5.08. The van der Waals surface area contributed by atoms with Gasteiger partial charge in [-0.15, -0.1) is 0 Å². The summed E-state index contributed by atoms with van der Waals surface area (Å²) < 4.78 is 59.2. The first kappa shape index (κ1) is 63.0. The third-order valence-electron chi connectivity index (χ3n) is 11.2. The van der Waals surface area contributed by atoms with Crippen molar-refractivity contribution in [2.24, 2.45) is 0 Å². The predicted octanol–water partition coefficient (Wildman–Crippen LogP) is 12.2. The molecule has 13 heteroatoms. The first-order valence-corrected chi connectivity index (χ1v) is 27.4. The highest BCUT2D eigenvalue weighted by Gasteiger charge is 2.48. The maximum Gasteiger partial charge on any atom is 0.397 e. The van der Waals surface area contributed by atoms with Gasteiger partial charge in [-0.05, 0) is 89.9 Å². The van der Waals surface area contributed by atoms with E-state index >= 15 is 0 Å². The molecule has 390 valence electrons. The van der Waals surface area contributed by atoms with Crippen molar-refractivity contribution >= 4 is 16.4 Å². The molecule has 0 aromatic heterocycles. The monoisotopic (exact) mass is 977 g/mol. The Morgan fingerprint density at radius 3 is 1.49 bits per heavy atom. The smallest absolute Gasteiger partial charge is 0.397 e. The second-order valence-electron chi connectivity index (χ2n) is 17.4. The Morgan fingerprint density at radius 2 is 1.01 bits per heavy atom. The summed E-state index contributed by atoms with van der Waals surface area (Å²) >= 11 is 0. The molecule has 1 heterocycles. The summed E-state index contributed by atoms with van der Waals surface area (Å²) in [5.74, 6) is -0.461. The Bertz CT molecular complexity index is 1550. The normalized spacial score (nSPS) is 20.1. The van der Waals surface area contributed by atoms with Gasteiger partial charge < -0.3 is 34.3 Å². The van der Waals surface area contributed by atoms with Gasteiger partial charge in [0, 0.05) is 13.0 Å². The SMILES string of the molecule is CC/C=C\C/C=C\C/C=C\C/C=C\C/C=C\CCCC(=O)OC(COCCCCCCCCCCC/C=C\C/C=C\C/C=C\CCCCCCC)COC1OC(CO)C(O)C(OS(=O)(=O)O)C1O. The third-order valence-corrected chi connectivity index (χ3v) is 11.7. The van der Waals surface area contributed by atoms with Crippen LogP contribution in [0.3, 0.4) is 0 Å². The van der Waals surface area contributed by atoms with Crippen molar-refractivity contribution in [2.75, 3.05) is 26.4 Å². The van der Waals surface area contributed by atoms with Crippen LogP contribution in [0.5, 0.6) is 0 Å². The van der Waals surface area contributed by atoms with Crippen molar-refractivity contribution in [2.45, 2.75) is 218 Å². The van der Waals surface area contributed by atoms with E-state index in [0.29, 0.717) is 19.4 Å². The van der Waals surface area contributed by atoms with Crippen LogP contribution in [0.4, 0.5) is 0 Å². The summed E-state index contributed by atoms with van der Waals surface area (Å²) in [6, 6.07) is 0. The van der Waals surface area contributed by atoms with Gasteiger partial charge in [-0.25, -0.2) is 4.18 Å². The number of hydrogen-bond donors (Lipinski definition) is 4. The number of carbonyl (C=O) groups excluding carboxylic acids is 1. The molecule has 0 saturated carbocycles. The van der Waals surface area contributed by atoms with Crippen LogP contribution < -0.4 is 0 Å². The van der Waals surface area contributed by atoms with Gasteiger partial charge >= 0.3 is 16.4 Å². The zero-order valence-electron chi connectivity index (χ0n) is 41.9. The molecule has 4 N–H and O–H groups in total. The summed E-state index contributed by atoms with van der Waals surface area (Å²) in [5, 5.41) is 30.8. The Morgan fingerprint density at radius 1 is 0.574 bits per heavy atom. The molecule has 68 heavy (non-hydrogen) atoms. The number of hydrogen-bond acceptors (Lipinski definition) is 11. The van der Waals surface area contributed by atoms with E-state index in [1.807, 2.05) is 6.08 Å². The van der Waals surface area contributed by atoms with Gasteiger partial charge in [0.25, 0.3) is 0 Å². The summed E-state index contributed by atoms with van der Waals surface area (Å²) in [4.78, 5) is 12.9. The highest BCUT2D eigenvalue weighted by molar-refractivity contribution is 7.80. The largest absolute Gasteiger partial charge is 0.457 e. The lowest BCUT2D eigenvalue weighted by Crippen LogP contribution is -2.60. The summed E-state index contributed by atoms with van der Waals surface area (Å²) in [6.45, 7) is 3.77. The van der Waals surface area contributed by atoms with Crippen LogP contribution in [0, 0.1) is 0 Å². The molecule has 1 rings (SSSR count). The van der Waals surface area contributed by atoms with E-state index in [1.165, 1.54) is 77.0 Å². The Labute approximate surface area is 412 Å². The van der Waals surface area contributed by atoms with Gasteiger partial charge in [0.2, 0.25) is 0 Å². The molecular formula is C55H92O12S. The van der Waals surface area contributed by atoms with Crippen LogP contribution >= 0.6 is 0 Å². The summed E-state index contributed by atoms with van der Waals surface area (Å²) in [5.41, 5.74) is 0. The molecule has 0 aliphatic carbocycles. The molecule has 0 bridgehead atoms. The summed E-state index contributed by atoms with van der Waals surface area (Å²) in [6.07, 6.45) is 53.0. The molecule has 6 unspecified atom stereocenters. The highest BCUT2D eigenvalue weighted by Crippen LogP contribution is 2.26. The molecule has 1 aliphatic rings. The Kier molecular flexibility index (Phi) is 41.9. The van der Waals surface area contributed by atoms with Crippen LogP contribution in [0.2, 0.25) is 0 Å². The van der Waals surface area contributed by atoms with Gasteiger partial charge in [-0.3, -0.25) is 9.35 Å². The van der Waals surface area contributed by atoms with Crippen molar-refractivity contribution in [3.8, 4) is 0 Å². The first-order valence-electron chi connectivity index (χ1n) is 26.0. The standard InChI is InChI=1S/C55H92O12S/c1-3-5-7-9-11-13-15-17-19-21-22-23-24-25-26-27-29-31-33-35-37-39-41-43-45-63-47-49(48-64-55-53(59)54(67-68(60,61)62)52(58)50(46-56)66-55)65-51(57)44-42-40-38-36-34-32-30-28-20-18-16-14-12-10-8-6-4-2/h6,8,12,14-15,17-18,20-22,24-25,30,32,36,38,49-50,52-56,58-59H,3-5,7,9-11,13,16,19,23,26-29,31,33-35,37,39-48H2,1-2H3,(H,60,61,62)/b8-6-,14-12-,17-15-,20-18-,22-21-,25-24-,32-30-,38-36-. The summed E-state index contributed by atoms with van der Waals surface area (Å²) in [7, 11) is -5.08. The van der Waals surface area contributed by atoms with Crippen molar-refractivity contribution in [1.29, 1.82) is 0 Å². The van der Waals surface area contributed by atoms with Crippen molar-refractivity contribution in [1.82, 2.24) is 0 Å². The minimum absolute atomic E-state index is 0.00315. The fourth-order valence-electron chi connectivity index (χ4n) is 7.30. The fourth-order valence-corrected chi connectivity index (χ4v) is 7.81. The first-order chi connectivity index (χ1) is 33.1. The zero-order chi connectivity index (χ0) is 49.6. The zero-order valence-corrected chi connectivity index (χ0v) is 42.7. The lowest BCUT2D eigenvalue weighted by Gasteiger charge is -2.41. The quantitative estimate of drug-likeness (QED) is 0.0197. The molecule has 1 fully saturated rings.